The molecule has 0 radical (unpaired) electrons. The predicted octanol–water partition coefficient (Wildman–Crippen LogP) is 3.79. The fraction of sp³-hybridized carbons (Fsp3) is 0.0526. The first-order chi connectivity index (χ1) is 12.5. The number of amides is 1. The van der Waals surface area contributed by atoms with Gasteiger partial charge in [-0.3, -0.25) is 4.79 Å². The smallest absolute Gasteiger partial charge is 0.274 e. The van der Waals surface area contributed by atoms with Gasteiger partial charge in [-0.05, 0) is 43.3 Å². The summed E-state index contributed by atoms with van der Waals surface area (Å²) >= 11 is 0. The average Bonchev–Trinajstić information content (AvgIpc) is 2.63. The molecule has 0 aliphatic carbocycles. The lowest BCUT2D eigenvalue weighted by atomic mass is 10.2. The van der Waals surface area contributed by atoms with Gasteiger partial charge in [0.25, 0.3) is 5.91 Å². The first-order valence-electron chi connectivity index (χ1n) is 7.74. The van der Waals surface area contributed by atoms with Gasteiger partial charge in [-0.2, -0.15) is 5.26 Å². The fourth-order valence-corrected chi connectivity index (χ4v) is 2.29. The maximum Gasteiger partial charge on any atom is 0.274 e. The highest BCUT2D eigenvalue weighted by Crippen LogP contribution is 2.18. The molecule has 0 atom stereocenters. The van der Waals surface area contributed by atoms with Crippen LogP contribution < -0.4 is 10.6 Å². The Morgan fingerprint density at radius 2 is 1.92 bits per heavy atom. The van der Waals surface area contributed by atoms with Crippen LogP contribution >= 0.6 is 0 Å². The van der Waals surface area contributed by atoms with E-state index in [4.69, 9.17) is 5.26 Å². The highest BCUT2D eigenvalue weighted by atomic mass is 19.1. The van der Waals surface area contributed by atoms with Gasteiger partial charge in [-0.1, -0.05) is 18.2 Å². The molecule has 3 aromatic rings. The van der Waals surface area contributed by atoms with Crippen molar-refractivity contribution in [1.29, 1.82) is 5.26 Å². The standard InChI is InChI=1S/C19H14FN5O/c1-12-9-17(18(26)23-14-6-4-5-13(10-14)11-21)25-19(22-12)24-16-8-3-2-7-15(16)20/h2-10H,1H3,(H,23,26)(H,22,24,25). The maximum atomic E-state index is 13.8. The number of hydrogen-bond acceptors (Lipinski definition) is 5. The van der Waals surface area contributed by atoms with Crippen molar-refractivity contribution in [1.82, 2.24) is 9.97 Å². The van der Waals surface area contributed by atoms with Crippen LogP contribution in [0.3, 0.4) is 0 Å². The molecule has 0 aliphatic heterocycles. The van der Waals surface area contributed by atoms with Gasteiger partial charge in [0, 0.05) is 11.4 Å². The summed E-state index contributed by atoms with van der Waals surface area (Å²) < 4.78 is 13.8. The number of nitrogens with one attached hydrogen (secondary N) is 2. The van der Waals surface area contributed by atoms with Gasteiger partial charge in [-0.15, -0.1) is 0 Å². The Hall–Kier alpha value is -3.79. The number of carbonyl (C=O) groups is 1. The predicted molar refractivity (Wildman–Crippen MR) is 95.6 cm³/mol. The minimum Gasteiger partial charge on any atom is -0.322 e. The van der Waals surface area contributed by atoms with Crippen molar-refractivity contribution >= 4 is 23.2 Å². The quantitative estimate of drug-likeness (QED) is 0.749. The molecule has 26 heavy (non-hydrogen) atoms. The number of hydrogen-bond donors (Lipinski definition) is 2. The molecule has 0 fully saturated rings. The number of anilines is 3. The molecule has 128 valence electrons. The summed E-state index contributed by atoms with van der Waals surface area (Å²) in [6.07, 6.45) is 0. The molecule has 0 aliphatic rings. The van der Waals surface area contributed by atoms with Gasteiger partial charge in [-0.25, -0.2) is 14.4 Å². The lowest BCUT2D eigenvalue weighted by Gasteiger charge is -2.09. The normalized spacial score (nSPS) is 10.0. The summed E-state index contributed by atoms with van der Waals surface area (Å²) in [6, 6.07) is 16.2. The number of nitrogens with zero attached hydrogens (tertiary/aromatic N) is 3. The Morgan fingerprint density at radius 3 is 2.69 bits per heavy atom. The molecule has 2 N–H and O–H groups in total. The largest absolute Gasteiger partial charge is 0.322 e. The SMILES string of the molecule is Cc1cc(C(=O)Nc2cccc(C#N)c2)nc(Nc2ccccc2F)n1. The van der Waals surface area contributed by atoms with Crippen LogP contribution in [0.25, 0.3) is 0 Å². The molecule has 0 bridgehead atoms. The van der Waals surface area contributed by atoms with E-state index in [1.807, 2.05) is 6.07 Å². The molecule has 6 nitrogen and oxygen atoms in total. The molecule has 1 amide bonds. The maximum absolute atomic E-state index is 13.8. The van der Waals surface area contributed by atoms with E-state index in [1.165, 1.54) is 12.1 Å². The van der Waals surface area contributed by atoms with Crippen LogP contribution in [0.1, 0.15) is 21.7 Å². The number of aryl methyl sites for hydroxylation is 1. The third-order valence-corrected chi connectivity index (χ3v) is 3.46. The fourth-order valence-electron chi connectivity index (χ4n) is 2.29. The zero-order valence-corrected chi connectivity index (χ0v) is 13.8. The number of carbonyl (C=O) groups excluding carboxylic acids is 1. The van der Waals surface area contributed by atoms with Crippen LogP contribution in [-0.4, -0.2) is 15.9 Å². The lowest BCUT2D eigenvalue weighted by Crippen LogP contribution is -2.15. The van der Waals surface area contributed by atoms with Crippen LogP contribution in [0, 0.1) is 24.1 Å². The van der Waals surface area contributed by atoms with Gasteiger partial charge < -0.3 is 10.6 Å². The zero-order valence-electron chi connectivity index (χ0n) is 13.8. The van der Waals surface area contributed by atoms with Crippen molar-refractivity contribution in [2.75, 3.05) is 10.6 Å². The third-order valence-electron chi connectivity index (χ3n) is 3.46. The van der Waals surface area contributed by atoms with Crippen molar-refractivity contribution < 1.29 is 9.18 Å². The molecular weight excluding hydrogens is 333 g/mol. The Labute approximate surface area is 149 Å². The summed E-state index contributed by atoms with van der Waals surface area (Å²) in [5.41, 5.74) is 1.80. The van der Waals surface area contributed by atoms with E-state index in [0.717, 1.165) is 0 Å². The minimum atomic E-state index is -0.456. The van der Waals surface area contributed by atoms with Crippen LogP contribution in [0.15, 0.2) is 54.6 Å². The van der Waals surface area contributed by atoms with Crippen LogP contribution in [-0.2, 0) is 0 Å². The van der Waals surface area contributed by atoms with Crippen molar-refractivity contribution in [2.24, 2.45) is 0 Å². The van der Waals surface area contributed by atoms with Crippen molar-refractivity contribution in [3.63, 3.8) is 0 Å². The number of aromatic nitrogens is 2. The Balaban J connectivity index is 1.83. The summed E-state index contributed by atoms with van der Waals surface area (Å²) in [4.78, 5) is 20.8. The van der Waals surface area contributed by atoms with Gasteiger partial charge in [0.1, 0.15) is 11.5 Å². The number of benzene rings is 2. The van der Waals surface area contributed by atoms with Gasteiger partial charge >= 0.3 is 0 Å². The highest BCUT2D eigenvalue weighted by Gasteiger charge is 2.12. The van der Waals surface area contributed by atoms with E-state index in [0.29, 0.717) is 16.9 Å². The molecule has 1 heterocycles. The summed E-state index contributed by atoms with van der Waals surface area (Å²) in [5.74, 6) is -0.787. The number of halogens is 1. The second kappa shape index (κ2) is 7.40. The number of nitriles is 1. The second-order valence-electron chi connectivity index (χ2n) is 5.47. The first-order valence-corrected chi connectivity index (χ1v) is 7.74. The van der Waals surface area contributed by atoms with Crippen LogP contribution in [0.5, 0.6) is 0 Å². The molecule has 2 aromatic carbocycles. The van der Waals surface area contributed by atoms with E-state index in [1.54, 1.807) is 49.4 Å². The van der Waals surface area contributed by atoms with Crippen LogP contribution in [0.2, 0.25) is 0 Å². The third kappa shape index (κ3) is 3.99. The average molecular weight is 347 g/mol. The van der Waals surface area contributed by atoms with Crippen LogP contribution in [0.4, 0.5) is 21.7 Å². The summed E-state index contributed by atoms with van der Waals surface area (Å²) in [6.45, 7) is 1.71. The molecule has 7 heteroatoms. The molecular formula is C19H14FN5O. The van der Waals surface area contributed by atoms with Crippen molar-refractivity contribution in [3.8, 4) is 6.07 Å². The molecule has 0 unspecified atom stereocenters. The van der Waals surface area contributed by atoms with Crippen molar-refractivity contribution in [2.45, 2.75) is 6.92 Å². The Kier molecular flexibility index (Phi) is 4.85. The minimum absolute atomic E-state index is 0.117. The first kappa shape index (κ1) is 17.0. The Morgan fingerprint density at radius 1 is 1.12 bits per heavy atom. The van der Waals surface area contributed by atoms with E-state index in [9.17, 15) is 9.18 Å². The zero-order chi connectivity index (χ0) is 18.5. The van der Waals surface area contributed by atoms with Crippen molar-refractivity contribution in [3.05, 3.63) is 77.4 Å². The molecule has 0 spiro atoms. The molecule has 1 aromatic heterocycles. The molecule has 3 rings (SSSR count). The van der Waals surface area contributed by atoms with Gasteiger partial charge in [0.05, 0.1) is 17.3 Å². The highest BCUT2D eigenvalue weighted by molar-refractivity contribution is 6.03. The molecule has 0 saturated heterocycles. The second-order valence-corrected chi connectivity index (χ2v) is 5.47. The topological polar surface area (TPSA) is 90.7 Å². The number of para-hydroxylation sites is 1. The molecule has 0 saturated carbocycles. The van der Waals surface area contributed by atoms with E-state index < -0.39 is 11.7 Å². The van der Waals surface area contributed by atoms with Gasteiger partial charge in [0.2, 0.25) is 5.95 Å². The van der Waals surface area contributed by atoms with E-state index in [2.05, 4.69) is 20.6 Å². The van der Waals surface area contributed by atoms with E-state index in [-0.39, 0.29) is 17.3 Å². The summed E-state index contributed by atoms with van der Waals surface area (Å²) in [5, 5.41) is 14.4. The van der Waals surface area contributed by atoms with E-state index >= 15 is 0 Å². The monoisotopic (exact) mass is 347 g/mol. The van der Waals surface area contributed by atoms with Gasteiger partial charge in [0.15, 0.2) is 0 Å². The number of rotatable bonds is 4. The summed E-state index contributed by atoms with van der Waals surface area (Å²) in [7, 11) is 0. The Bertz CT molecular complexity index is 1010. The lowest BCUT2D eigenvalue weighted by molar-refractivity contribution is 0.102.